The van der Waals surface area contributed by atoms with Crippen LogP contribution in [0.25, 0.3) is 0 Å². The molecule has 4 atom stereocenters. The van der Waals surface area contributed by atoms with Gasteiger partial charge in [0, 0.05) is 37.6 Å². The molecule has 0 spiro atoms. The zero-order chi connectivity index (χ0) is 22.7. The van der Waals surface area contributed by atoms with Crippen LogP contribution in [0.2, 0.25) is 0 Å². The maximum Gasteiger partial charge on any atom is 0.240 e. The Hall–Kier alpha value is -2.51. The second kappa shape index (κ2) is 9.96. The Balaban J connectivity index is 1.50. The quantitative estimate of drug-likeness (QED) is 0.718. The first-order valence-electron chi connectivity index (χ1n) is 11.7. The van der Waals surface area contributed by atoms with Crippen molar-refractivity contribution in [2.24, 2.45) is 0 Å². The zero-order valence-corrected chi connectivity index (χ0v) is 19.2. The highest BCUT2D eigenvalue weighted by Gasteiger charge is 2.37. The summed E-state index contributed by atoms with van der Waals surface area (Å²) < 4.78 is 13.3. The number of likely N-dealkylation sites (tertiary alicyclic amines) is 1. The summed E-state index contributed by atoms with van der Waals surface area (Å²) >= 11 is 0. The first kappa shape index (κ1) is 22.7. The van der Waals surface area contributed by atoms with E-state index in [9.17, 15) is 9.18 Å². The van der Waals surface area contributed by atoms with Gasteiger partial charge in [0.05, 0.1) is 12.1 Å². The molecule has 2 fully saturated rings. The SMILES string of the molecule is CNC(C)C1CCCC(C(=O)N2CCCC2c2ccnc(N(C)c3ccc(F)cc3)c2)N1. The van der Waals surface area contributed by atoms with Gasteiger partial charge in [0.15, 0.2) is 0 Å². The molecule has 2 aromatic rings. The second-order valence-electron chi connectivity index (χ2n) is 9.01. The van der Waals surface area contributed by atoms with E-state index in [0.29, 0.717) is 12.1 Å². The number of nitrogens with one attached hydrogen (secondary N) is 2. The Labute approximate surface area is 190 Å². The number of pyridine rings is 1. The van der Waals surface area contributed by atoms with Crippen LogP contribution in [0.5, 0.6) is 0 Å². The number of hydrogen-bond donors (Lipinski definition) is 2. The molecule has 1 amide bonds. The second-order valence-corrected chi connectivity index (χ2v) is 9.01. The van der Waals surface area contributed by atoms with Gasteiger partial charge in [-0.25, -0.2) is 9.37 Å². The van der Waals surface area contributed by atoms with E-state index in [0.717, 1.165) is 55.7 Å². The van der Waals surface area contributed by atoms with Gasteiger partial charge in [-0.3, -0.25) is 4.79 Å². The van der Waals surface area contributed by atoms with Crippen molar-refractivity contribution in [1.29, 1.82) is 0 Å². The predicted octanol–water partition coefficient (Wildman–Crippen LogP) is 3.77. The molecule has 0 bridgehead atoms. The summed E-state index contributed by atoms with van der Waals surface area (Å²) in [5, 5.41) is 6.92. The lowest BCUT2D eigenvalue weighted by atomic mass is 9.93. The average Bonchev–Trinajstić information content (AvgIpc) is 3.33. The fraction of sp³-hybridized carbons (Fsp3) is 0.520. The highest BCUT2D eigenvalue weighted by Crippen LogP contribution is 2.35. The number of rotatable bonds is 6. The Bertz CT molecular complexity index is 921. The third kappa shape index (κ3) is 4.79. The molecule has 4 unspecified atom stereocenters. The van der Waals surface area contributed by atoms with Crippen LogP contribution in [0.4, 0.5) is 15.9 Å². The standard InChI is InChI=1S/C25H34FN5O/c1-17(27-2)21-6-4-7-22(29-21)25(32)31-15-5-8-23(31)18-13-14-28-24(16-18)30(3)20-11-9-19(26)10-12-20/h9-14,16-17,21-23,27,29H,4-8,15H2,1-3H3. The Kier molecular flexibility index (Phi) is 7.06. The van der Waals surface area contributed by atoms with Gasteiger partial charge in [0.2, 0.25) is 5.91 Å². The van der Waals surface area contributed by atoms with E-state index in [1.54, 1.807) is 18.3 Å². The van der Waals surface area contributed by atoms with E-state index in [2.05, 4.69) is 33.5 Å². The molecular formula is C25H34FN5O. The number of carbonyl (C=O) groups excluding carboxylic acids is 1. The summed E-state index contributed by atoms with van der Waals surface area (Å²) in [5.74, 6) is 0.740. The molecule has 6 nitrogen and oxygen atoms in total. The van der Waals surface area contributed by atoms with Gasteiger partial charge < -0.3 is 20.4 Å². The topological polar surface area (TPSA) is 60.5 Å². The minimum Gasteiger partial charge on any atom is -0.334 e. The van der Waals surface area contributed by atoms with Crippen molar-refractivity contribution >= 4 is 17.4 Å². The van der Waals surface area contributed by atoms with Crippen LogP contribution in [0.15, 0.2) is 42.6 Å². The smallest absolute Gasteiger partial charge is 0.240 e. The number of halogens is 1. The lowest BCUT2D eigenvalue weighted by Crippen LogP contribution is -2.56. The third-order valence-electron chi connectivity index (χ3n) is 7.03. The monoisotopic (exact) mass is 439 g/mol. The Morgan fingerprint density at radius 2 is 2.00 bits per heavy atom. The van der Waals surface area contributed by atoms with Crippen molar-refractivity contribution in [2.45, 2.75) is 63.2 Å². The molecule has 0 aliphatic carbocycles. The van der Waals surface area contributed by atoms with Crippen LogP contribution in [0, 0.1) is 5.82 Å². The van der Waals surface area contributed by atoms with Crippen molar-refractivity contribution in [3.8, 4) is 0 Å². The first-order chi connectivity index (χ1) is 15.5. The number of piperidine rings is 1. The summed E-state index contributed by atoms with van der Waals surface area (Å²) in [6, 6.07) is 11.1. The first-order valence-corrected chi connectivity index (χ1v) is 11.7. The van der Waals surface area contributed by atoms with Crippen LogP contribution in [-0.2, 0) is 4.79 Å². The van der Waals surface area contributed by atoms with Gasteiger partial charge in [-0.05, 0) is 88.0 Å². The van der Waals surface area contributed by atoms with E-state index < -0.39 is 0 Å². The fourth-order valence-electron chi connectivity index (χ4n) is 4.96. The van der Waals surface area contributed by atoms with Gasteiger partial charge in [0.1, 0.15) is 11.6 Å². The summed E-state index contributed by atoms with van der Waals surface area (Å²) in [6.45, 7) is 2.96. The predicted molar refractivity (Wildman–Crippen MR) is 125 cm³/mol. The minimum atomic E-state index is -0.258. The van der Waals surface area contributed by atoms with Crippen LogP contribution in [0.3, 0.4) is 0 Å². The van der Waals surface area contributed by atoms with E-state index in [1.807, 2.05) is 25.1 Å². The fourth-order valence-corrected chi connectivity index (χ4v) is 4.96. The van der Waals surface area contributed by atoms with Crippen LogP contribution in [-0.4, -0.2) is 54.6 Å². The molecule has 7 heteroatoms. The molecule has 1 aromatic heterocycles. The number of anilines is 2. The largest absolute Gasteiger partial charge is 0.334 e. The van der Waals surface area contributed by atoms with Crippen molar-refractivity contribution < 1.29 is 9.18 Å². The lowest BCUT2D eigenvalue weighted by Gasteiger charge is -2.37. The van der Waals surface area contributed by atoms with E-state index in [4.69, 9.17) is 0 Å². The molecule has 2 aliphatic heterocycles. The van der Waals surface area contributed by atoms with Crippen molar-refractivity contribution in [3.63, 3.8) is 0 Å². The number of carbonyl (C=O) groups is 1. The third-order valence-corrected chi connectivity index (χ3v) is 7.03. The maximum absolute atomic E-state index is 13.5. The molecule has 32 heavy (non-hydrogen) atoms. The normalized spacial score (nSPS) is 24.4. The Morgan fingerprint density at radius 1 is 1.22 bits per heavy atom. The number of likely N-dealkylation sites (N-methyl/N-ethyl adjacent to an activating group) is 1. The highest BCUT2D eigenvalue weighted by atomic mass is 19.1. The number of amides is 1. The van der Waals surface area contributed by atoms with Gasteiger partial charge in [0.25, 0.3) is 0 Å². The molecule has 2 aliphatic rings. The Morgan fingerprint density at radius 3 is 2.75 bits per heavy atom. The molecule has 3 heterocycles. The average molecular weight is 440 g/mol. The number of nitrogens with zero attached hydrogens (tertiary/aromatic N) is 3. The van der Waals surface area contributed by atoms with E-state index in [1.165, 1.54) is 12.1 Å². The summed E-state index contributed by atoms with van der Waals surface area (Å²) in [4.78, 5) is 22.0. The zero-order valence-electron chi connectivity index (χ0n) is 19.2. The molecule has 2 N–H and O–H groups in total. The van der Waals surface area contributed by atoms with Crippen molar-refractivity contribution in [3.05, 3.63) is 54.0 Å². The van der Waals surface area contributed by atoms with Gasteiger partial charge >= 0.3 is 0 Å². The summed E-state index contributed by atoms with van der Waals surface area (Å²) in [5.41, 5.74) is 1.97. The van der Waals surface area contributed by atoms with E-state index in [-0.39, 0.29) is 23.8 Å². The number of hydrogen-bond acceptors (Lipinski definition) is 5. The van der Waals surface area contributed by atoms with Crippen LogP contribution >= 0.6 is 0 Å². The van der Waals surface area contributed by atoms with Gasteiger partial charge in [-0.2, -0.15) is 0 Å². The maximum atomic E-state index is 13.5. The summed E-state index contributed by atoms with van der Waals surface area (Å²) in [7, 11) is 3.89. The van der Waals surface area contributed by atoms with Crippen LogP contribution in [0.1, 0.15) is 50.6 Å². The summed E-state index contributed by atoms with van der Waals surface area (Å²) in [6.07, 6.45) is 6.82. The van der Waals surface area contributed by atoms with Gasteiger partial charge in [-0.1, -0.05) is 0 Å². The molecule has 4 rings (SSSR count). The molecule has 172 valence electrons. The molecule has 2 saturated heterocycles. The lowest BCUT2D eigenvalue weighted by molar-refractivity contribution is -0.135. The minimum absolute atomic E-state index is 0.0646. The van der Waals surface area contributed by atoms with Crippen molar-refractivity contribution in [1.82, 2.24) is 20.5 Å². The van der Waals surface area contributed by atoms with Gasteiger partial charge in [-0.15, -0.1) is 0 Å². The number of benzene rings is 1. The molecule has 0 saturated carbocycles. The van der Waals surface area contributed by atoms with E-state index >= 15 is 0 Å². The molecule has 1 aromatic carbocycles. The molecular weight excluding hydrogens is 405 g/mol. The molecule has 0 radical (unpaired) electrons. The highest BCUT2D eigenvalue weighted by molar-refractivity contribution is 5.83. The van der Waals surface area contributed by atoms with Crippen molar-refractivity contribution in [2.75, 3.05) is 25.5 Å². The van der Waals surface area contributed by atoms with Crippen LogP contribution < -0.4 is 15.5 Å². The number of aromatic nitrogens is 1.